The molecule has 0 radical (unpaired) electrons. The van der Waals surface area contributed by atoms with E-state index in [1.807, 2.05) is 38.1 Å². The van der Waals surface area contributed by atoms with Crippen LogP contribution in [0.15, 0.2) is 42.5 Å². The third-order valence-electron chi connectivity index (χ3n) is 5.43. The molecule has 0 bridgehead atoms. The molecule has 1 heterocycles. The molecule has 7 nitrogen and oxygen atoms in total. The van der Waals surface area contributed by atoms with Crippen LogP contribution < -0.4 is 16.4 Å². The molecule has 1 aromatic heterocycles. The van der Waals surface area contributed by atoms with Crippen molar-refractivity contribution in [3.63, 3.8) is 0 Å². The van der Waals surface area contributed by atoms with E-state index in [2.05, 4.69) is 54.6 Å². The van der Waals surface area contributed by atoms with E-state index in [1.54, 1.807) is 18.4 Å². The number of benzene rings is 2. The fourth-order valence-corrected chi connectivity index (χ4v) is 4.38. The zero-order valence-electron chi connectivity index (χ0n) is 22.3. The lowest BCUT2D eigenvalue weighted by Crippen LogP contribution is -2.33. The average molecular weight is 513 g/mol. The zero-order valence-corrected chi connectivity index (χ0v) is 23.1. The molecule has 36 heavy (non-hydrogen) atoms. The second-order valence-electron chi connectivity index (χ2n) is 9.85. The Morgan fingerprint density at radius 1 is 1.14 bits per heavy atom. The van der Waals surface area contributed by atoms with E-state index < -0.39 is 0 Å². The van der Waals surface area contributed by atoms with Crippen LogP contribution in [-0.4, -0.2) is 42.6 Å². The first-order valence-corrected chi connectivity index (χ1v) is 13.1. The minimum absolute atomic E-state index is 0.0274. The van der Waals surface area contributed by atoms with Gasteiger partial charge in [-0.15, -0.1) is 11.3 Å². The summed E-state index contributed by atoms with van der Waals surface area (Å²) in [5, 5.41) is 6.79. The highest BCUT2D eigenvalue weighted by atomic mass is 32.1. The zero-order chi connectivity index (χ0) is 26.7. The highest BCUT2D eigenvalue weighted by molar-refractivity contribution is 7.21. The van der Waals surface area contributed by atoms with Gasteiger partial charge in [-0.2, -0.15) is 0 Å². The standard InChI is InChI=1S/C17H17N3OS.C11H23NO2/c1-11-2-7-14-15(10-11)22-17(20-14)12-3-5-13(6-4-12)19-9-8-16(18)21;1-9(2)6-7-14-11(3,4)8-10(13)12-5/h2-7,10,19H,8-9H2,1H3,(H2,18,21);9H,6-8H2,1-5H3,(H,12,13). The molecule has 0 fully saturated rings. The summed E-state index contributed by atoms with van der Waals surface area (Å²) < 4.78 is 6.86. The third-order valence-corrected chi connectivity index (χ3v) is 6.50. The van der Waals surface area contributed by atoms with E-state index >= 15 is 0 Å². The third kappa shape index (κ3) is 10.3. The predicted molar refractivity (Wildman–Crippen MR) is 150 cm³/mol. The highest BCUT2D eigenvalue weighted by Crippen LogP contribution is 2.31. The summed E-state index contributed by atoms with van der Waals surface area (Å²) in [6, 6.07) is 14.4. The number of aryl methyl sites for hydroxylation is 1. The molecule has 2 aromatic carbocycles. The Labute approximate surface area is 218 Å². The number of fused-ring (bicyclic) bond motifs is 1. The van der Waals surface area contributed by atoms with Gasteiger partial charge in [0.15, 0.2) is 0 Å². The summed E-state index contributed by atoms with van der Waals surface area (Å²) in [5.41, 5.74) is 9.12. The van der Waals surface area contributed by atoms with Crippen molar-refractivity contribution in [3.8, 4) is 10.6 Å². The van der Waals surface area contributed by atoms with E-state index in [4.69, 9.17) is 10.5 Å². The van der Waals surface area contributed by atoms with Crippen LogP contribution in [0.1, 0.15) is 52.5 Å². The molecule has 0 saturated carbocycles. The normalized spacial score (nSPS) is 11.2. The van der Waals surface area contributed by atoms with E-state index in [0.29, 0.717) is 25.3 Å². The SMILES string of the molecule is CNC(=O)CC(C)(C)OCCC(C)C.Cc1ccc2nc(-c3ccc(NCCC(N)=O)cc3)sc2c1. The quantitative estimate of drug-likeness (QED) is 0.313. The molecule has 3 rings (SSSR count). The summed E-state index contributed by atoms with van der Waals surface area (Å²) in [7, 11) is 1.65. The van der Waals surface area contributed by atoms with Crippen LogP contribution in [0.4, 0.5) is 5.69 Å². The van der Waals surface area contributed by atoms with Gasteiger partial charge >= 0.3 is 0 Å². The van der Waals surface area contributed by atoms with Crippen molar-refractivity contribution in [3.05, 3.63) is 48.0 Å². The molecular weight excluding hydrogens is 472 g/mol. The van der Waals surface area contributed by atoms with Crippen LogP contribution in [0.2, 0.25) is 0 Å². The number of primary amides is 1. The molecule has 0 atom stereocenters. The summed E-state index contributed by atoms with van der Waals surface area (Å²) in [4.78, 5) is 26.5. The molecule has 0 aliphatic carbocycles. The first kappa shape index (κ1) is 29.3. The Morgan fingerprint density at radius 3 is 2.44 bits per heavy atom. The summed E-state index contributed by atoms with van der Waals surface area (Å²) in [6.45, 7) is 11.6. The second kappa shape index (κ2) is 13.9. The number of nitrogens with one attached hydrogen (secondary N) is 2. The van der Waals surface area contributed by atoms with Crippen molar-refractivity contribution in [2.75, 3.05) is 25.5 Å². The monoisotopic (exact) mass is 512 g/mol. The van der Waals surface area contributed by atoms with E-state index in [9.17, 15) is 9.59 Å². The van der Waals surface area contributed by atoms with Gasteiger partial charge in [-0.05, 0) is 75.1 Å². The molecule has 0 aliphatic rings. The summed E-state index contributed by atoms with van der Waals surface area (Å²) in [6.07, 6.45) is 1.79. The van der Waals surface area contributed by atoms with Gasteiger partial charge in [-0.1, -0.05) is 19.9 Å². The number of carbonyl (C=O) groups is 2. The number of aromatic nitrogens is 1. The average Bonchev–Trinajstić information content (AvgIpc) is 3.22. The van der Waals surface area contributed by atoms with Gasteiger partial charge in [0, 0.05) is 37.9 Å². The molecule has 3 aromatic rings. The molecule has 196 valence electrons. The maximum absolute atomic E-state index is 11.1. The lowest BCUT2D eigenvalue weighted by Gasteiger charge is -2.24. The van der Waals surface area contributed by atoms with Crippen LogP contribution in [0, 0.1) is 12.8 Å². The molecule has 0 spiro atoms. The second-order valence-corrected chi connectivity index (χ2v) is 10.9. The van der Waals surface area contributed by atoms with Crippen molar-refractivity contribution in [1.82, 2.24) is 10.3 Å². The van der Waals surface area contributed by atoms with Crippen molar-refractivity contribution < 1.29 is 14.3 Å². The lowest BCUT2D eigenvalue weighted by molar-refractivity contribution is -0.127. The molecule has 4 N–H and O–H groups in total. The molecule has 2 amide bonds. The van der Waals surface area contributed by atoms with Crippen LogP contribution in [0.3, 0.4) is 0 Å². The van der Waals surface area contributed by atoms with Crippen LogP contribution in [0.25, 0.3) is 20.8 Å². The highest BCUT2D eigenvalue weighted by Gasteiger charge is 2.21. The van der Waals surface area contributed by atoms with Crippen molar-refractivity contribution in [2.24, 2.45) is 11.7 Å². The Morgan fingerprint density at radius 2 is 1.83 bits per heavy atom. The van der Waals surface area contributed by atoms with Gasteiger partial charge in [0.05, 0.1) is 22.2 Å². The molecular formula is C28H40N4O3S. The number of hydrogen-bond acceptors (Lipinski definition) is 6. The molecule has 0 aliphatic heterocycles. The Hall–Kier alpha value is -2.97. The van der Waals surface area contributed by atoms with Gasteiger partial charge in [0.2, 0.25) is 11.8 Å². The van der Waals surface area contributed by atoms with Crippen molar-refractivity contribution >= 4 is 39.1 Å². The molecule has 8 heteroatoms. The Kier molecular flexibility index (Phi) is 11.3. The van der Waals surface area contributed by atoms with Gasteiger partial charge in [0.25, 0.3) is 0 Å². The number of ether oxygens (including phenoxy) is 1. The van der Waals surface area contributed by atoms with Crippen molar-refractivity contribution in [1.29, 1.82) is 0 Å². The maximum Gasteiger partial charge on any atom is 0.222 e. The Balaban J connectivity index is 0.000000284. The minimum atomic E-state index is -0.352. The predicted octanol–water partition coefficient (Wildman–Crippen LogP) is 5.52. The number of anilines is 1. The van der Waals surface area contributed by atoms with E-state index in [-0.39, 0.29) is 17.4 Å². The van der Waals surface area contributed by atoms with Crippen molar-refractivity contribution in [2.45, 2.75) is 59.5 Å². The van der Waals surface area contributed by atoms with E-state index in [0.717, 1.165) is 34.8 Å². The fourth-order valence-electron chi connectivity index (χ4n) is 3.31. The largest absolute Gasteiger partial charge is 0.385 e. The first-order chi connectivity index (χ1) is 17.0. The molecule has 0 unspecified atom stereocenters. The maximum atomic E-state index is 11.1. The van der Waals surface area contributed by atoms with Crippen LogP contribution in [-0.2, 0) is 14.3 Å². The topological polar surface area (TPSA) is 106 Å². The Bertz CT molecular complexity index is 1120. The smallest absolute Gasteiger partial charge is 0.222 e. The minimum Gasteiger partial charge on any atom is -0.385 e. The fraction of sp³-hybridized carbons (Fsp3) is 0.464. The first-order valence-electron chi connectivity index (χ1n) is 12.3. The summed E-state index contributed by atoms with van der Waals surface area (Å²) >= 11 is 1.70. The van der Waals surface area contributed by atoms with Gasteiger partial charge < -0.3 is 21.1 Å². The number of nitrogens with zero attached hydrogens (tertiary/aromatic N) is 1. The van der Waals surface area contributed by atoms with Gasteiger partial charge in [-0.3, -0.25) is 9.59 Å². The van der Waals surface area contributed by atoms with E-state index in [1.165, 1.54) is 10.3 Å². The number of carbonyl (C=O) groups excluding carboxylic acids is 2. The van der Waals surface area contributed by atoms with Gasteiger partial charge in [-0.25, -0.2) is 4.98 Å². The van der Waals surface area contributed by atoms with Crippen LogP contribution in [0.5, 0.6) is 0 Å². The van der Waals surface area contributed by atoms with Gasteiger partial charge in [0.1, 0.15) is 5.01 Å². The number of rotatable bonds is 11. The lowest BCUT2D eigenvalue weighted by atomic mass is 10.0. The summed E-state index contributed by atoms with van der Waals surface area (Å²) in [5.74, 6) is 0.374. The number of amides is 2. The number of hydrogen-bond donors (Lipinski definition) is 3. The number of thiazole rings is 1. The van der Waals surface area contributed by atoms with Crippen LogP contribution >= 0.6 is 11.3 Å². The number of nitrogens with two attached hydrogens (primary N) is 1. The molecule has 0 saturated heterocycles.